The van der Waals surface area contributed by atoms with Crippen molar-refractivity contribution < 1.29 is 9.53 Å². The highest BCUT2D eigenvalue weighted by molar-refractivity contribution is 6.08. The van der Waals surface area contributed by atoms with E-state index in [1.807, 2.05) is 13.8 Å². The van der Waals surface area contributed by atoms with E-state index in [4.69, 9.17) is 4.74 Å². The fourth-order valence-electron chi connectivity index (χ4n) is 1.71. The van der Waals surface area contributed by atoms with Crippen LogP contribution in [0.15, 0.2) is 12.1 Å². The Morgan fingerprint density at radius 3 is 2.35 bits per heavy atom. The van der Waals surface area contributed by atoms with Crippen LogP contribution in [0.3, 0.4) is 0 Å². The van der Waals surface area contributed by atoms with E-state index in [0.717, 1.165) is 17.4 Å². The van der Waals surface area contributed by atoms with Crippen molar-refractivity contribution in [3.63, 3.8) is 0 Å². The molecule has 0 aliphatic carbocycles. The quantitative estimate of drug-likeness (QED) is 0.478. The van der Waals surface area contributed by atoms with E-state index in [2.05, 4.69) is 25.3 Å². The number of hydrogen-bond donors (Lipinski definition) is 1. The third-order valence-electron chi connectivity index (χ3n) is 2.92. The predicted octanol–water partition coefficient (Wildman–Crippen LogP) is 0.950. The molecule has 0 spiro atoms. The van der Waals surface area contributed by atoms with Crippen molar-refractivity contribution in [2.24, 2.45) is 0 Å². The third-order valence-corrected chi connectivity index (χ3v) is 2.92. The zero-order valence-electron chi connectivity index (χ0n) is 11.3. The number of carbonyl (C=O) groups excluding carboxylic acids is 1. The van der Waals surface area contributed by atoms with E-state index >= 15 is 0 Å². The molecule has 1 aromatic rings. The molecule has 0 fully saturated rings. The van der Waals surface area contributed by atoms with Crippen molar-refractivity contribution in [3.8, 4) is 5.75 Å². The second kappa shape index (κ2) is 5.87. The molecule has 1 aromatic carbocycles. The topological polar surface area (TPSA) is 38.3 Å². The van der Waals surface area contributed by atoms with Gasteiger partial charge in [-0.15, -0.1) is 0 Å². The van der Waals surface area contributed by atoms with Gasteiger partial charge in [-0.25, -0.2) is 4.79 Å². The van der Waals surface area contributed by atoms with Crippen molar-refractivity contribution in [1.29, 1.82) is 0 Å². The van der Waals surface area contributed by atoms with Crippen molar-refractivity contribution >= 4 is 13.8 Å². The van der Waals surface area contributed by atoms with Crippen molar-refractivity contribution in [2.75, 3.05) is 7.05 Å². The molecule has 0 saturated heterocycles. The molecule has 1 N–H and O–H groups in total. The molecule has 1 rings (SSSR count). The number of rotatable bonds is 4. The van der Waals surface area contributed by atoms with Gasteiger partial charge in [-0.3, -0.25) is 0 Å². The lowest BCUT2D eigenvalue weighted by Gasteiger charge is -2.15. The molecule has 0 aliphatic heterocycles. The summed E-state index contributed by atoms with van der Waals surface area (Å²) in [4.78, 5) is 11.7. The fourth-order valence-corrected chi connectivity index (χ4v) is 1.71. The molecule has 0 amide bonds. The maximum absolute atomic E-state index is 11.7. The number of esters is 1. The molecule has 0 aromatic heterocycles. The number of aryl methyl sites for hydroxylation is 2. The first-order valence-electron chi connectivity index (χ1n) is 5.98. The Bertz CT molecular complexity index is 395. The van der Waals surface area contributed by atoms with E-state index < -0.39 is 0 Å². The normalized spacial score (nSPS) is 12.2. The molecular weight excluding hydrogens is 213 g/mol. The van der Waals surface area contributed by atoms with Crippen LogP contribution >= 0.6 is 0 Å². The zero-order valence-corrected chi connectivity index (χ0v) is 11.3. The summed E-state index contributed by atoms with van der Waals surface area (Å²) < 4.78 is 5.43. The highest BCUT2D eigenvalue weighted by Crippen LogP contribution is 2.25. The van der Waals surface area contributed by atoms with Gasteiger partial charge in [0.15, 0.2) is 0 Å². The first-order valence-corrected chi connectivity index (χ1v) is 5.98. The van der Waals surface area contributed by atoms with E-state index in [-0.39, 0.29) is 12.0 Å². The standard InChI is InChI=1S/C13H20BNO2/c1-8-5-11(7-14)6-9(2)12(8)17-13(16)10(3)15-4/h5-6,10,15H,7,14H2,1-4H3. The minimum Gasteiger partial charge on any atom is -0.425 e. The first-order chi connectivity index (χ1) is 7.99. The molecule has 17 heavy (non-hydrogen) atoms. The van der Waals surface area contributed by atoms with Crippen LogP contribution in [0.5, 0.6) is 5.75 Å². The average Bonchev–Trinajstić information content (AvgIpc) is 2.31. The lowest BCUT2D eigenvalue weighted by molar-refractivity contribution is -0.136. The molecule has 0 saturated carbocycles. The maximum atomic E-state index is 11.7. The van der Waals surface area contributed by atoms with Gasteiger partial charge < -0.3 is 10.1 Å². The molecule has 0 bridgehead atoms. The monoisotopic (exact) mass is 233 g/mol. The van der Waals surface area contributed by atoms with Gasteiger partial charge in [0.2, 0.25) is 0 Å². The van der Waals surface area contributed by atoms with E-state index in [0.29, 0.717) is 5.75 Å². The number of nitrogens with one attached hydrogen (secondary N) is 1. The summed E-state index contributed by atoms with van der Waals surface area (Å²) in [5.41, 5.74) is 3.29. The van der Waals surface area contributed by atoms with Crippen molar-refractivity contribution in [1.82, 2.24) is 5.32 Å². The summed E-state index contributed by atoms with van der Waals surface area (Å²) in [6.45, 7) is 5.73. The summed E-state index contributed by atoms with van der Waals surface area (Å²) in [5.74, 6) is 0.442. The summed E-state index contributed by atoms with van der Waals surface area (Å²) in [7, 11) is 3.86. The average molecular weight is 233 g/mol. The van der Waals surface area contributed by atoms with Gasteiger partial charge in [0.05, 0.1) is 0 Å². The second-order valence-electron chi connectivity index (χ2n) is 4.34. The van der Waals surface area contributed by atoms with Crippen LogP contribution in [0, 0.1) is 13.8 Å². The maximum Gasteiger partial charge on any atom is 0.328 e. The summed E-state index contributed by atoms with van der Waals surface area (Å²) in [6.07, 6.45) is 0.989. The molecule has 0 heterocycles. The van der Waals surface area contributed by atoms with Crippen LogP contribution in [0.4, 0.5) is 0 Å². The second-order valence-corrected chi connectivity index (χ2v) is 4.34. The number of benzene rings is 1. The van der Waals surface area contributed by atoms with Crippen LogP contribution in [0.1, 0.15) is 23.6 Å². The van der Waals surface area contributed by atoms with Gasteiger partial charge in [0.25, 0.3) is 0 Å². The Hall–Kier alpha value is -1.29. The van der Waals surface area contributed by atoms with E-state index in [1.165, 1.54) is 5.56 Å². The van der Waals surface area contributed by atoms with Gasteiger partial charge in [0.1, 0.15) is 19.6 Å². The number of ether oxygens (including phenoxy) is 1. The Morgan fingerprint density at radius 2 is 1.94 bits per heavy atom. The Balaban J connectivity index is 2.95. The Morgan fingerprint density at radius 1 is 1.41 bits per heavy atom. The smallest absolute Gasteiger partial charge is 0.328 e. The fraction of sp³-hybridized carbons (Fsp3) is 0.462. The summed E-state index contributed by atoms with van der Waals surface area (Å²) >= 11 is 0. The third kappa shape index (κ3) is 3.33. The van der Waals surface area contributed by atoms with Gasteiger partial charge in [0, 0.05) is 0 Å². The molecule has 4 heteroatoms. The van der Waals surface area contributed by atoms with Crippen LogP contribution in [-0.2, 0) is 11.1 Å². The zero-order chi connectivity index (χ0) is 13.0. The van der Waals surface area contributed by atoms with E-state index in [9.17, 15) is 4.79 Å². The molecule has 3 nitrogen and oxygen atoms in total. The van der Waals surface area contributed by atoms with Crippen LogP contribution < -0.4 is 10.1 Å². The van der Waals surface area contributed by atoms with Gasteiger partial charge in [-0.1, -0.05) is 24.0 Å². The highest BCUT2D eigenvalue weighted by atomic mass is 16.5. The van der Waals surface area contributed by atoms with Crippen LogP contribution in [-0.4, -0.2) is 26.9 Å². The molecule has 0 radical (unpaired) electrons. The molecular formula is C13H20BNO2. The lowest BCUT2D eigenvalue weighted by Crippen LogP contribution is -2.34. The molecule has 1 unspecified atom stereocenters. The molecule has 1 atom stereocenters. The van der Waals surface area contributed by atoms with E-state index in [1.54, 1.807) is 14.0 Å². The molecule has 0 aliphatic rings. The van der Waals surface area contributed by atoms with Gasteiger partial charge in [-0.05, 0) is 38.9 Å². The largest absolute Gasteiger partial charge is 0.425 e. The highest BCUT2D eigenvalue weighted by Gasteiger charge is 2.15. The Labute approximate surface area is 104 Å². The minimum atomic E-state index is -0.292. The number of carbonyl (C=O) groups is 1. The summed E-state index contributed by atoms with van der Waals surface area (Å²) in [5, 5.41) is 2.87. The first kappa shape index (κ1) is 13.8. The SMILES string of the molecule is BCc1cc(C)c(OC(=O)C(C)NC)c(C)c1. The molecule has 92 valence electrons. The number of likely N-dealkylation sites (N-methyl/N-ethyl adjacent to an activating group) is 1. The minimum absolute atomic E-state index is 0.247. The number of hydrogen-bond acceptors (Lipinski definition) is 3. The lowest BCUT2D eigenvalue weighted by atomic mass is 9.94. The van der Waals surface area contributed by atoms with Gasteiger partial charge in [-0.2, -0.15) is 0 Å². The summed E-state index contributed by atoms with van der Waals surface area (Å²) in [6, 6.07) is 3.85. The van der Waals surface area contributed by atoms with Crippen molar-refractivity contribution in [3.05, 3.63) is 28.8 Å². The van der Waals surface area contributed by atoms with Crippen LogP contribution in [0.2, 0.25) is 0 Å². The Kier molecular flexibility index (Phi) is 4.76. The van der Waals surface area contributed by atoms with Crippen LogP contribution in [0.25, 0.3) is 0 Å². The van der Waals surface area contributed by atoms with Crippen molar-refractivity contribution in [2.45, 2.75) is 33.1 Å². The predicted molar refractivity (Wildman–Crippen MR) is 72.3 cm³/mol. The van der Waals surface area contributed by atoms with Gasteiger partial charge >= 0.3 is 5.97 Å².